The van der Waals surface area contributed by atoms with Crippen LogP contribution in [0.25, 0.3) is 11.0 Å². The third-order valence-corrected chi connectivity index (χ3v) is 6.73. The summed E-state index contributed by atoms with van der Waals surface area (Å²) in [6.45, 7) is 13.5. The second-order valence-electron chi connectivity index (χ2n) is 11.6. The number of nitrogens with one attached hydrogen (secondary N) is 1. The second kappa shape index (κ2) is 11.2. The Morgan fingerprint density at radius 3 is 1.84 bits per heavy atom. The number of benzene rings is 3. The predicted molar refractivity (Wildman–Crippen MR) is 161 cm³/mol. The van der Waals surface area contributed by atoms with E-state index >= 15 is 0 Å². The molecule has 0 atom stereocenters. The average Bonchev–Trinajstić information content (AvgIpc) is 3.09. The number of hydrogen-bond acceptors (Lipinski definition) is 4. The summed E-state index contributed by atoms with van der Waals surface area (Å²) < 4.78 is 3.99. The van der Waals surface area contributed by atoms with E-state index in [2.05, 4.69) is 64.9 Å². The Bertz CT molecular complexity index is 1470. The van der Waals surface area contributed by atoms with Gasteiger partial charge < -0.3 is 19.1 Å². The minimum Gasteiger partial charge on any atom is -0.507 e. The molecule has 2 N–H and O–H groups in total. The molecule has 4 rings (SSSR count). The van der Waals surface area contributed by atoms with Gasteiger partial charge in [-0.15, -0.1) is 17.0 Å². The smallest absolute Gasteiger partial charge is 0.203 e. The Kier molecular flexibility index (Phi) is 8.62. The highest BCUT2D eigenvalue weighted by Crippen LogP contribution is 2.40. The van der Waals surface area contributed by atoms with Gasteiger partial charge in [-0.25, -0.2) is 0 Å². The zero-order valence-electron chi connectivity index (χ0n) is 23.4. The van der Waals surface area contributed by atoms with E-state index < -0.39 is 0 Å². The maximum absolute atomic E-state index is 11.2. The van der Waals surface area contributed by atoms with Crippen molar-refractivity contribution in [3.8, 4) is 5.75 Å². The summed E-state index contributed by atoms with van der Waals surface area (Å²) in [6.07, 6.45) is 0. The highest BCUT2D eigenvalue weighted by atomic mass is 79.9. The SMILES string of the molecule is Br.CON=C(Cn1c(=N)n(Cc2ccccc2)c2ccccc21)c1cc(C(C)(C)C)c(O)c(C(C)(C)C)c1. The van der Waals surface area contributed by atoms with Crippen molar-refractivity contribution in [2.75, 3.05) is 7.11 Å². The summed E-state index contributed by atoms with van der Waals surface area (Å²) in [5.74, 6) is 0.328. The Hall–Kier alpha value is -3.32. The van der Waals surface area contributed by atoms with Gasteiger partial charge in [-0.05, 0) is 40.7 Å². The first kappa shape index (κ1) is 29.2. The molecule has 0 unspecified atom stereocenters. The van der Waals surface area contributed by atoms with Crippen molar-refractivity contribution < 1.29 is 9.94 Å². The molecule has 0 aliphatic heterocycles. The van der Waals surface area contributed by atoms with Gasteiger partial charge in [0.2, 0.25) is 5.62 Å². The first-order chi connectivity index (χ1) is 17.4. The standard InChI is InChI=1S/C31H38N4O2.BrH/c1-30(2,3)23-17-22(18-24(28(23)36)31(4,5)6)25(33-37-7)20-35-27-16-12-11-15-26(27)34(29(35)32)19-21-13-9-8-10-14-21;/h8-18,32,36H,19-20H2,1-7H3;1H. The molecule has 3 aromatic carbocycles. The molecule has 0 amide bonds. The lowest BCUT2D eigenvalue weighted by Gasteiger charge is -2.28. The van der Waals surface area contributed by atoms with Crippen LogP contribution in [0.15, 0.2) is 71.9 Å². The Morgan fingerprint density at radius 2 is 1.34 bits per heavy atom. The van der Waals surface area contributed by atoms with Gasteiger partial charge in [-0.3, -0.25) is 5.41 Å². The fourth-order valence-electron chi connectivity index (χ4n) is 4.76. The van der Waals surface area contributed by atoms with E-state index in [-0.39, 0.29) is 27.8 Å². The number of phenolic OH excluding ortho intramolecular Hbond substituents is 1. The van der Waals surface area contributed by atoms with Crippen LogP contribution in [-0.2, 0) is 28.8 Å². The minimum atomic E-state index is -0.266. The largest absolute Gasteiger partial charge is 0.507 e. The van der Waals surface area contributed by atoms with Gasteiger partial charge in [0.15, 0.2) is 0 Å². The first-order valence-electron chi connectivity index (χ1n) is 12.7. The number of rotatable bonds is 6. The van der Waals surface area contributed by atoms with Crippen molar-refractivity contribution in [2.45, 2.75) is 65.5 Å². The van der Waals surface area contributed by atoms with E-state index in [1.54, 1.807) is 7.11 Å². The molecule has 0 saturated heterocycles. The van der Waals surface area contributed by atoms with Gasteiger partial charge in [0.1, 0.15) is 18.6 Å². The van der Waals surface area contributed by atoms with Crippen LogP contribution in [0, 0.1) is 5.41 Å². The maximum Gasteiger partial charge on any atom is 0.203 e. The van der Waals surface area contributed by atoms with Gasteiger partial charge >= 0.3 is 0 Å². The van der Waals surface area contributed by atoms with Crippen molar-refractivity contribution in [2.24, 2.45) is 5.16 Å². The summed E-state index contributed by atoms with van der Waals surface area (Å²) >= 11 is 0. The summed E-state index contributed by atoms with van der Waals surface area (Å²) in [7, 11) is 1.54. The van der Waals surface area contributed by atoms with E-state index in [4.69, 9.17) is 10.2 Å². The molecular weight excluding hydrogens is 540 g/mol. The number of phenols is 1. The molecule has 0 radical (unpaired) electrons. The number of aromatic nitrogens is 2. The molecule has 0 aliphatic rings. The van der Waals surface area contributed by atoms with Crippen LogP contribution in [0.2, 0.25) is 0 Å². The van der Waals surface area contributed by atoms with E-state index in [1.165, 1.54) is 0 Å². The highest BCUT2D eigenvalue weighted by molar-refractivity contribution is 8.93. The van der Waals surface area contributed by atoms with Gasteiger partial charge in [0.05, 0.1) is 24.1 Å². The number of halogens is 1. The fourth-order valence-corrected chi connectivity index (χ4v) is 4.76. The number of hydrogen-bond donors (Lipinski definition) is 2. The number of oxime groups is 1. The molecule has 0 bridgehead atoms. The average molecular weight is 580 g/mol. The molecule has 1 heterocycles. The normalized spacial score (nSPS) is 12.4. The van der Waals surface area contributed by atoms with E-state index in [1.807, 2.05) is 57.7 Å². The van der Waals surface area contributed by atoms with Crippen molar-refractivity contribution in [1.29, 1.82) is 5.41 Å². The number of imidazole rings is 1. The summed E-state index contributed by atoms with van der Waals surface area (Å²) in [4.78, 5) is 5.31. The summed E-state index contributed by atoms with van der Waals surface area (Å²) in [5.41, 5.74) is 6.24. The lowest BCUT2D eigenvalue weighted by atomic mass is 9.78. The van der Waals surface area contributed by atoms with Crippen LogP contribution < -0.4 is 5.62 Å². The zero-order chi connectivity index (χ0) is 27.0. The van der Waals surface area contributed by atoms with Crippen molar-refractivity contribution >= 4 is 33.7 Å². The molecular formula is C31H39BrN4O2. The monoisotopic (exact) mass is 578 g/mol. The van der Waals surface area contributed by atoms with Crippen LogP contribution in [0.1, 0.15) is 63.8 Å². The van der Waals surface area contributed by atoms with Crippen molar-refractivity contribution in [3.05, 3.63) is 94.6 Å². The summed E-state index contributed by atoms with van der Waals surface area (Å²) in [6, 6.07) is 22.3. The molecule has 6 nitrogen and oxygen atoms in total. The van der Waals surface area contributed by atoms with Crippen LogP contribution in [0.3, 0.4) is 0 Å². The molecule has 202 valence electrons. The predicted octanol–water partition coefficient (Wildman–Crippen LogP) is 6.90. The van der Waals surface area contributed by atoms with Crippen LogP contribution in [0.4, 0.5) is 0 Å². The highest BCUT2D eigenvalue weighted by Gasteiger charge is 2.28. The topological polar surface area (TPSA) is 75.5 Å². The van der Waals surface area contributed by atoms with Crippen molar-refractivity contribution in [3.63, 3.8) is 0 Å². The van der Waals surface area contributed by atoms with Gasteiger partial charge in [-0.1, -0.05) is 89.2 Å². The first-order valence-corrected chi connectivity index (χ1v) is 12.7. The van der Waals surface area contributed by atoms with Crippen molar-refractivity contribution in [1.82, 2.24) is 9.13 Å². The van der Waals surface area contributed by atoms with Crippen LogP contribution in [-0.4, -0.2) is 27.1 Å². The zero-order valence-corrected chi connectivity index (χ0v) is 25.1. The lowest BCUT2D eigenvalue weighted by Crippen LogP contribution is -2.28. The summed E-state index contributed by atoms with van der Waals surface area (Å²) in [5, 5.41) is 24.8. The number of fused-ring (bicyclic) bond motifs is 1. The van der Waals surface area contributed by atoms with E-state index in [9.17, 15) is 5.11 Å². The molecule has 0 aliphatic carbocycles. The van der Waals surface area contributed by atoms with Gasteiger partial charge in [0.25, 0.3) is 0 Å². The molecule has 7 heteroatoms. The molecule has 4 aromatic rings. The van der Waals surface area contributed by atoms with Crippen LogP contribution in [0.5, 0.6) is 5.75 Å². The third-order valence-electron chi connectivity index (χ3n) is 6.73. The van der Waals surface area contributed by atoms with E-state index in [0.29, 0.717) is 30.2 Å². The number of para-hydroxylation sites is 2. The molecule has 0 fully saturated rings. The molecule has 0 spiro atoms. The lowest BCUT2D eigenvalue weighted by molar-refractivity contribution is 0.212. The molecule has 38 heavy (non-hydrogen) atoms. The Labute approximate surface area is 235 Å². The van der Waals surface area contributed by atoms with E-state index in [0.717, 1.165) is 33.3 Å². The second-order valence-corrected chi connectivity index (χ2v) is 11.6. The Balaban J connectivity index is 0.00000400. The fraction of sp³-hybridized carbons (Fsp3) is 0.355. The quantitative estimate of drug-likeness (QED) is 0.193. The molecule has 1 aromatic heterocycles. The third kappa shape index (κ3) is 5.88. The van der Waals surface area contributed by atoms with Gasteiger partial charge in [0, 0.05) is 16.7 Å². The number of nitrogens with zero attached hydrogens (tertiary/aromatic N) is 3. The maximum atomic E-state index is 11.2. The number of aromatic hydroxyl groups is 1. The van der Waals surface area contributed by atoms with Crippen LogP contribution >= 0.6 is 17.0 Å². The minimum absolute atomic E-state index is 0. The molecule has 0 saturated carbocycles. The van der Waals surface area contributed by atoms with Gasteiger partial charge in [-0.2, -0.15) is 0 Å². The Morgan fingerprint density at radius 1 is 0.842 bits per heavy atom.